The van der Waals surface area contributed by atoms with Gasteiger partial charge in [-0.2, -0.15) is 5.10 Å². The van der Waals surface area contributed by atoms with Crippen LogP contribution in [0.1, 0.15) is 34.5 Å². The number of halogens is 1. The van der Waals surface area contributed by atoms with Gasteiger partial charge < -0.3 is 10.2 Å². The molecule has 0 unspecified atom stereocenters. The van der Waals surface area contributed by atoms with Crippen molar-refractivity contribution in [2.24, 2.45) is 0 Å². The van der Waals surface area contributed by atoms with E-state index in [0.29, 0.717) is 15.7 Å². The Balaban J connectivity index is 2.20. The zero-order chi connectivity index (χ0) is 14.3. The van der Waals surface area contributed by atoms with E-state index in [-0.39, 0.29) is 11.4 Å². The fourth-order valence-corrected chi connectivity index (χ4v) is 3.17. The molecule has 20 heavy (non-hydrogen) atoms. The molecule has 1 heterocycles. The Morgan fingerprint density at radius 1 is 1.30 bits per heavy atom. The minimum Gasteiger partial charge on any atom is -0.506 e. The number of H-pyrrole nitrogens is 1. The van der Waals surface area contributed by atoms with Crippen molar-refractivity contribution in [1.29, 1.82) is 0 Å². The van der Waals surface area contributed by atoms with Gasteiger partial charge in [0.05, 0.1) is 10.2 Å². The maximum Gasteiger partial charge on any atom is 0.353 e. The molecule has 0 saturated carbocycles. The number of aromatic carboxylic acids is 1. The number of rotatable bonds is 2. The third-order valence-corrected chi connectivity index (χ3v) is 4.25. The van der Waals surface area contributed by atoms with E-state index >= 15 is 0 Å². The number of hydrogen-bond acceptors (Lipinski definition) is 3. The summed E-state index contributed by atoms with van der Waals surface area (Å²) < 4.78 is 0.619. The number of aromatic hydroxyl groups is 1. The number of hydrogen-bond donors (Lipinski definition) is 3. The summed E-state index contributed by atoms with van der Waals surface area (Å²) in [6, 6.07) is 3.40. The molecule has 6 heteroatoms. The minimum absolute atomic E-state index is 0.0175. The Hall–Kier alpha value is -1.82. The van der Waals surface area contributed by atoms with Crippen LogP contribution in [0.2, 0.25) is 0 Å². The third-order valence-electron chi connectivity index (χ3n) is 3.64. The predicted octanol–water partition coefficient (Wildman–Crippen LogP) is 3.12. The molecule has 0 saturated heterocycles. The number of carbonyl (C=O) groups is 1. The van der Waals surface area contributed by atoms with E-state index in [4.69, 9.17) is 5.11 Å². The van der Waals surface area contributed by atoms with E-state index in [1.165, 1.54) is 11.6 Å². The average molecular weight is 337 g/mol. The fraction of sp³-hybridized carbons (Fsp3) is 0.286. The highest BCUT2D eigenvalue weighted by Crippen LogP contribution is 2.42. The summed E-state index contributed by atoms with van der Waals surface area (Å²) in [6.07, 6.45) is 4.04. The van der Waals surface area contributed by atoms with Gasteiger partial charge in [-0.05, 0) is 64.9 Å². The van der Waals surface area contributed by atoms with E-state index in [2.05, 4.69) is 26.1 Å². The molecule has 0 bridgehead atoms. The molecule has 0 radical (unpaired) electrons. The monoisotopic (exact) mass is 336 g/mol. The number of benzene rings is 1. The van der Waals surface area contributed by atoms with Crippen LogP contribution < -0.4 is 0 Å². The molecule has 0 aliphatic heterocycles. The Kier molecular flexibility index (Phi) is 3.25. The zero-order valence-corrected chi connectivity index (χ0v) is 12.2. The number of aromatic nitrogens is 2. The lowest BCUT2D eigenvalue weighted by Gasteiger charge is -2.20. The summed E-state index contributed by atoms with van der Waals surface area (Å²) >= 11 is 3.35. The number of phenols is 1. The molecule has 0 spiro atoms. The second kappa shape index (κ2) is 4.94. The van der Waals surface area contributed by atoms with E-state index < -0.39 is 5.97 Å². The molecule has 0 fully saturated rings. The molecule has 0 atom stereocenters. The summed E-state index contributed by atoms with van der Waals surface area (Å²) in [5.74, 6) is -0.943. The van der Waals surface area contributed by atoms with Gasteiger partial charge in [0.15, 0.2) is 0 Å². The number of fused-ring (bicyclic) bond motifs is 1. The normalized spacial score (nSPS) is 14.1. The molecular weight excluding hydrogens is 324 g/mol. The first-order chi connectivity index (χ1) is 9.58. The second-order valence-electron chi connectivity index (χ2n) is 4.90. The van der Waals surface area contributed by atoms with Gasteiger partial charge >= 0.3 is 5.97 Å². The summed E-state index contributed by atoms with van der Waals surface area (Å²) in [6.45, 7) is 0. The summed E-state index contributed by atoms with van der Waals surface area (Å²) in [5.41, 5.74) is 3.39. The van der Waals surface area contributed by atoms with Crippen LogP contribution in [0.5, 0.6) is 5.75 Å². The molecule has 0 amide bonds. The minimum atomic E-state index is -1.06. The molecule has 3 rings (SSSR count). The number of aromatic amines is 1. The van der Waals surface area contributed by atoms with Crippen molar-refractivity contribution in [1.82, 2.24) is 10.2 Å². The zero-order valence-electron chi connectivity index (χ0n) is 10.6. The molecule has 104 valence electrons. The van der Waals surface area contributed by atoms with E-state index in [1.807, 2.05) is 6.07 Å². The van der Waals surface area contributed by atoms with Crippen LogP contribution in [0.3, 0.4) is 0 Å². The van der Waals surface area contributed by atoms with Crippen LogP contribution in [-0.4, -0.2) is 26.4 Å². The first-order valence-corrected chi connectivity index (χ1v) is 7.19. The van der Waals surface area contributed by atoms with Crippen molar-refractivity contribution in [3.05, 3.63) is 33.4 Å². The van der Waals surface area contributed by atoms with E-state index in [9.17, 15) is 9.90 Å². The van der Waals surface area contributed by atoms with Crippen molar-refractivity contribution < 1.29 is 15.0 Å². The highest BCUT2D eigenvalue weighted by atomic mass is 79.9. The highest BCUT2D eigenvalue weighted by molar-refractivity contribution is 9.10. The van der Waals surface area contributed by atoms with Crippen molar-refractivity contribution in [2.45, 2.75) is 25.7 Å². The van der Waals surface area contributed by atoms with Gasteiger partial charge in [0.2, 0.25) is 0 Å². The van der Waals surface area contributed by atoms with Crippen LogP contribution in [0.4, 0.5) is 0 Å². The van der Waals surface area contributed by atoms with Gasteiger partial charge in [-0.15, -0.1) is 0 Å². The topological polar surface area (TPSA) is 86.2 Å². The lowest BCUT2D eigenvalue weighted by Crippen LogP contribution is -2.05. The molecule has 1 aromatic heterocycles. The van der Waals surface area contributed by atoms with Crippen LogP contribution in [-0.2, 0) is 12.8 Å². The van der Waals surface area contributed by atoms with Gasteiger partial charge in [-0.25, -0.2) is 4.79 Å². The quantitative estimate of drug-likeness (QED) is 0.786. The van der Waals surface area contributed by atoms with E-state index in [0.717, 1.165) is 31.2 Å². The molecule has 5 nitrogen and oxygen atoms in total. The second-order valence-corrected chi connectivity index (χ2v) is 5.75. The van der Waals surface area contributed by atoms with Crippen LogP contribution >= 0.6 is 15.9 Å². The Bertz CT molecular complexity index is 694. The average Bonchev–Trinajstić information content (AvgIpc) is 2.90. The molecule has 1 aliphatic carbocycles. The lowest BCUT2D eigenvalue weighted by molar-refractivity contribution is 0.0690. The number of carboxylic acids is 1. The smallest absolute Gasteiger partial charge is 0.353 e. The fourth-order valence-electron chi connectivity index (χ4n) is 2.69. The molecule has 3 N–H and O–H groups in total. The Morgan fingerprint density at radius 3 is 2.75 bits per heavy atom. The van der Waals surface area contributed by atoms with E-state index in [1.54, 1.807) is 0 Å². The third kappa shape index (κ3) is 2.10. The standard InChI is InChI=1S/C14H13BrN2O3/c15-9-5-7-3-1-2-4-8(7)12(13(9)18)10-6-11(14(19)20)17-16-10/h5-6,18H,1-4H2,(H,16,17)(H,19,20). The predicted molar refractivity (Wildman–Crippen MR) is 77.0 cm³/mol. The van der Waals surface area contributed by atoms with Crippen molar-refractivity contribution in [2.75, 3.05) is 0 Å². The summed E-state index contributed by atoms with van der Waals surface area (Å²) in [7, 11) is 0. The van der Waals surface area contributed by atoms with Gasteiger partial charge in [0, 0.05) is 5.56 Å². The Labute approximate surface area is 123 Å². The maximum atomic E-state index is 10.9. The van der Waals surface area contributed by atoms with Gasteiger partial charge in [-0.1, -0.05) is 0 Å². The van der Waals surface area contributed by atoms with Crippen molar-refractivity contribution >= 4 is 21.9 Å². The van der Waals surface area contributed by atoms with Gasteiger partial charge in [0.25, 0.3) is 0 Å². The first-order valence-electron chi connectivity index (χ1n) is 6.40. The Morgan fingerprint density at radius 2 is 2.05 bits per heavy atom. The largest absolute Gasteiger partial charge is 0.506 e. The number of nitrogens with one attached hydrogen (secondary N) is 1. The van der Waals surface area contributed by atoms with Crippen LogP contribution in [0.15, 0.2) is 16.6 Å². The van der Waals surface area contributed by atoms with Crippen LogP contribution in [0.25, 0.3) is 11.3 Å². The van der Waals surface area contributed by atoms with Crippen molar-refractivity contribution in [3.63, 3.8) is 0 Å². The summed E-state index contributed by atoms with van der Waals surface area (Å²) in [5, 5.41) is 25.8. The molecule has 1 aromatic carbocycles. The van der Waals surface area contributed by atoms with Crippen LogP contribution in [0, 0.1) is 0 Å². The lowest BCUT2D eigenvalue weighted by atomic mass is 9.86. The van der Waals surface area contributed by atoms with Gasteiger partial charge in [-0.3, -0.25) is 5.10 Å². The number of carboxylic acid groups (broad SMARTS) is 1. The number of nitrogens with zero attached hydrogens (tertiary/aromatic N) is 1. The highest BCUT2D eigenvalue weighted by Gasteiger charge is 2.22. The maximum absolute atomic E-state index is 10.9. The molecule has 1 aliphatic rings. The number of aryl methyl sites for hydroxylation is 1. The number of phenolic OH excluding ortho intramolecular Hbond substituents is 1. The van der Waals surface area contributed by atoms with Gasteiger partial charge in [0.1, 0.15) is 11.4 Å². The molecular formula is C14H13BrN2O3. The van der Waals surface area contributed by atoms with Crippen molar-refractivity contribution in [3.8, 4) is 17.0 Å². The summed E-state index contributed by atoms with van der Waals surface area (Å²) in [4.78, 5) is 10.9. The molecule has 2 aromatic rings. The first kappa shape index (κ1) is 13.2. The SMILES string of the molecule is O=C(O)c1cc(-c2c(O)c(Br)cc3c2CCCC3)n[nH]1.